The summed E-state index contributed by atoms with van der Waals surface area (Å²) in [4.78, 5) is 32.0. The minimum absolute atomic E-state index is 0.0149. The monoisotopic (exact) mass is 314 g/mol. The van der Waals surface area contributed by atoms with E-state index in [1.807, 2.05) is 0 Å². The number of nitrogens with zero attached hydrogens (tertiary/aromatic N) is 2. The van der Waals surface area contributed by atoms with Crippen LogP contribution in [0.25, 0.3) is 0 Å². The number of thiol groups is 4. The summed E-state index contributed by atoms with van der Waals surface area (Å²) in [5, 5.41) is 0. The number of benzene rings is 1. The van der Waals surface area contributed by atoms with Crippen LogP contribution in [0.1, 0.15) is 5.56 Å². The van der Waals surface area contributed by atoms with Crippen LogP contribution in [-0.2, 0) is 9.59 Å². The van der Waals surface area contributed by atoms with Crippen LogP contribution in [0.2, 0.25) is 0 Å². The van der Waals surface area contributed by atoms with Gasteiger partial charge in [-0.1, -0.05) is 0 Å². The largest absolute Gasteiger partial charge is 0.321 e. The molecule has 0 N–H and O–H groups in total. The van der Waals surface area contributed by atoms with Gasteiger partial charge in [-0.25, -0.2) is 4.99 Å². The van der Waals surface area contributed by atoms with Gasteiger partial charge in [0, 0.05) is 25.1 Å². The summed E-state index contributed by atoms with van der Waals surface area (Å²) >= 11 is 16.9. The van der Waals surface area contributed by atoms with Crippen molar-refractivity contribution in [3.8, 4) is 0 Å². The molecule has 2 rings (SSSR count). The van der Waals surface area contributed by atoms with E-state index < -0.39 is 11.7 Å². The number of hydrogen-bond acceptors (Lipinski definition) is 7. The first-order valence-corrected chi connectivity index (χ1v) is 6.38. The molecule has 1 aromatic carbocycles. The van der Waals surface area contributed by atoms with Crippen LogP contribution in [0.15, 0.2) is 35.6 Å². The van der Waals surface area contributed by atoms with Gasteiger partial charge in [0.1, 0.15) is 12.1 Å². The zero-order valence-corrected chi connectivity index (χ0v) is 12.2. The molecule has 1 heterocycles. The van der Waals surface area contributed by atoms with Crippen molar-refractivity contribution in [3.63, 3.8) is 0 Å². The lowest BCUT2D eigenvalue weighted by Crippen LogP contribution is -2.27. The number of carbonyl (C=O) groups is 2. The van der Waals surface area contributed by atoms with Gasteiger partial charge in [0.25, 0.3) is 5.78 Å². The maximum atomic E-state index is 11.7. The van der Waals surface area contributed by atoms with E-state index in [2.05, 4.69) is 60.5 Å². The van der Waals surface area contributed by atoms with Gasteiger partial charge in [0.15, 0.2) is 0 Å². The van der Waals surface area contributed by atoms with E-state index in [0.717, 1.165) is 6.34 Å². The van der Waals surface area contributed by atoms with Crippen LogP contribution >= 0.6 is 50.5 Å². The molecule has 0 radical (unpaired) electrons. The number of Topliss-reactive ketones (excluding diaryl/α,β-unsaturated/α-hetero) is 1. The topological polar surface area (TPSA) is 58.9 Å². The molecular formula is C10H6N2O2S4. The lowest BCUT2D eigenvalue weighted by Gasteiger charge is -2.13. The first kappa shape index (κ1) is 13.7. The van der Waals surface area contributed by atoms with Crippen molar-refractivity contribution in [1.82, 2.24) is 0 Å². The van der Waals surface area contributed by atoms with Crippen LogP contribution in [0.3, 0.4) is 0 Å². The van der Waals surface area contributed by atoms with Crippen LogP contribution < -0.4 is 0 Å². The van der Waals surface area contributed by atoms with Crippen molar-refractivity contribution >= 4 is 74.3 Å². The first-order chi connectivity index (χ1) is 8.43. The molecule has 1 amide bonds. The lowest BCUT2D eigenvalue weighted by molar-refractivity contribution is -0.132. The number of amides is 1. The standard InChI is InChI=1S/C10H6N2O2S4/c13-6-5(11-2-12-10(6)14)3-1-4(15)8(17)9(18)7(3)16/h1-2,15-18H. The van der Waals surface area contributed by atoms with Gasteiger partial charge in [-0.05, 0) is 6.07 Å². The van der Waals surface area contributed by atoms with Crippen LogP contribution in [0.4, 0.5) is 0 Å². The Hall–Kier alpha value is -0.700. The van der Waals surface area contributed by atoms with Crippen LogP contribution in [0, 0.1) is 0 Å². The van der Waals surface area contributed by atoms with E-state index in [9.17, 15) is 9.59 Å². The number of ketones is 1. The maximum Gasteiger partial charge on any atom is 0.321 e. The highest BCUT2D eigenvalue weighted by Crippen LogP contribution is 2.34. The Balaban J connectivity index is 2.66. The van der Waals surface area contributed by atoms with Crippen molar-refractivity contribution in [2.75, 3.05) is 0 Å². The third-order valence-electron chi connectivity index (χ3n) is 2.25. The summed E-state index contributed by atoms with van der Waals surface area (Å²) in [7, 11) is 0. The quantitative estimate of drug-likeness (QED) is 0.472. The third-order valence-corrected chi connectivity index (χ3v) is 4.51. The molecule has 0 unspecified atom stereocenters. The predicted molar refractivity (Wildman–Crippen MR) is 80.5 cm³/mol. The minimum atomic E-state index is -0.857. The van der Waals surface area contributed by atoms with E-state index in [-0.39, 0.29) is 5.71 Å². The van der Waals surface area contributed by atoms with Gasteiger partial charge in [-0.15, -0.1) is 50.5 Å². The Bertz CT molecular complexity index is 637. The number of hydrogen-bond donors (Lipinski definition) is 4. The van der Waals surface area contributed by atoms with Crippen molar-refractivity contribution in [2.24, 2.45) is 9.98 Å². The Morgan fingerprint density at radius 1 is 0.944 bits per heavy atom. The SMILES string of the molecule is O=C1N=CN=C(c2cc(S)c(S)c(S)c2S)C1=O. The second-order valence-electron chi connectivity index (χ2n) is 3.35. The molecule has 0 fully saturated rings. The molecule has 0 saturated heterocycles. The summed E-state index contributed by atoms with van der Waals surface area (Å²) < 4.78 is 0. The van der Waals surface area contributed by atoms with E-state index in [1.54, 1.807) is 6.07 Å². The first-order valence-electron chi connectivity index (χ1n) is 4.59. The van der Waals surface area contributed by atoms with Crippen molar-refractivity contribution in [1.29, 1.82) is 0 Å². The summed E-state index contributed by atoms with van der Waals surface area (Å²) in [5.41, 5.74) is 0.370. The number of rotatable bonds is 1. The highest BCUT2D eigenvalue weighted by atomic mass is 32.1. The van der Waals surface area contributed by atoms with Gasteiger partial charge in [0.05, 0.1) is 0 Å². The van der Waals surface area contributed by atoms with E-state index in [1.165, 1.54) is 0 Å². The highest BCUT2D eigenvalue weighted by molar-refractivity contribution is 7.86. The van der Waals surface area contributed by atoms with Gasteiger partial charge >= 0.3 is 5.91 Å². The molecule has 1 aliphatic rings. The van der Waals surface area contributed by atoms with Crippen LogP contribution in [0.5, 0.6) is 0 Å². The maximum absolute atomic E-state index is 11.7. The Kier molecular flexibility index (Phi) is 3.90. The molecule has 1 aromatic rings. The summed E-state index contributed by atoms with van der Waals surface area (Å²) in [6, 6.07) is 1.57. The second kappa shape index (κ2) is 5.12. The molecule has 92 valence electrons. The minimum Gasteiger partial charge on any atom is -0.281 e. The molecule has 0 saturated carbocycles. The van der Waals surface area contributed by atoms with E-state index >= 15 is 0 Å². The zero-order valence-electron chi connectivity index (χ0n) is 8.65. The fourth-order valence-electron chi connectivity index (χ4n) is 1.36. The fourth-order valence-corrected chi connectivity index (χ4v) is 2.48. The Morgan fingerprint density at radius 3 is 2.28 bits per heavy atom. The summed E-state index contributed by atoms with van der Waals surface area (Å²) in [6.07, 6.45) is 1.04. The second-order valence-corrected chi connectivity index (χ2v) is 5.17. The molecule has 8 heteroatoms. The zero-order chi connectivity index (χ0) is 13.4. The predicted octanol–water partition coefficient (Wildman–Crippen LogP) is 1.77. The Labute approximate surface area is 125 Å². The van der Waals surface area contributed by atoms with Gasteiger partial charge in [-0.2, -0.15) is 4.99 Å². The highest BCUT2D eigenvalue weighted by Gasteiger charge is 2.26. The average molecular weight is 314 g/mol. The Morgan fingerprint density at radius 2 is 1.61 bits per heavy atom. The molecule has 0 bridgehead atoms. The van der Waals surface area contributed by atoms with E-state index in [4.69, 9.17) is 0 Å². The third kappa shape index (κ3) is 2.25. The molecule has 0 aliphatic carbocycles. The molecule has 18 heavy (non-hydrogen) atoms. The lowest BCUT2D eigenvalue weighted by atomic mass is 10.1. The number of aliphatic imine (C=N–C) groups is 2. The van der Waals surface area contributed by atoms with Crippen molar-refractivity contribution in [2.45, 2.75) is 19.6 Å². The number of carbonyl (C=O) groups excluding carboxylic acids is 2. The molecule has 1 aliphatic heterocycles. The smallest absolute Gasteiger partial charge is 0.281 e. The summed E-state index contributed by atoms with van der Waals surface area (Å²) in [6.45, 7) is 0. The molecule has 0 spiro atoms. The normalized spacial score (nSPS) is 15.0. The van der Waals surface area contributed by atoms with Gasteiger partial charge in [-0.3, -0.25) is 9.59 Å². The van der Waals surface area contributed by atoms with Crippen LogP contribution in [-0.4, -0.2) is 23.7 Å². The summed E-state index contributed by atoms with van der Waals surface area (Å²) in [5.74, 6) is -1.63. The molecule has 0 atom stereocenters. The molecule has 4 nitrogen and oxygen atoms in total. The van der Waals surface area contributed by atoms with Crippen molar-refractivity contribution in [3.05, 3.63) is 11.6 Å². The van der Waals surface area contributed by atoms with E-state index in [0.29, 0.717) is 25.1 Å². The van der Waals surface area contributed by atoms with Gasteiger partial charge < -0.3 is 0 Å². The fraction of sp³-hybridized carbons (Fsp3) is 0. The molecule has 0 aromatic heterocycles. The average Bonchev–Trinajstić information content (AvgIpc) is 2.35. The van der Waals surface area contributed by atoms with Gasteiger partial charge in [0.2, 0.25) is 0 Å². The van der Waals surface area contributed by atoms with Crippen molar-refractivity contribution < 1.29 is 9.59 Å². The molecular weight excluding hydrogens is 308 g/mol.